The van der Waals surface area contributed by atoms with Crippen molar-refractivity contribution in [2.45, 2.75) is 37.0 Å². The molecule has 0 nitrogen and oxygen atoms in total. The van der Waals surface area contributed by atoms with E-state index < -0.39 is 0 Å². The second-order valence-electron chi connectivity index (χ2n) is 3.96. The molecule has 2 rings (SSSR count). The smallest absolute Gasteiger partial charge is 0.123 e. The lowest BCUT2D eigenvalue weighted by atomic mass is 9.84. The highest BCUT2D eigenvalue weighted by Gasteiger charge is 2.24. The van der Waals surface area contributed by atoms with Crippen LogP contribution in [0.1, 0.15) is 37.2 Å². The molecule has 0 saturated heterocycles. The third kappa shape index (κ3) is 2.09. The first-order valence-corrected chi connectivity index (χ1v) is 5.60. The number of hydrogen-bond donors (Lipinski definition) is 0. The molecule has 1 aromatic rings. The van der Waals surface area contributed by atoms with E-state index in [-0.39, 0.29) is 11.2 Å². The van der Waals surface area contributed by atoms with Crippen molar-refractivity contribution in [3.63, 3.8) is 0 Å². The van der Waals surface area contributed by atoms with Crippen LogP contribution in [-0.4, -0.2) is 5.38 Å². The van der Waals surface area contributed by atoms with Crippen LogP contribution in [0.3, 0.4) is 0 Å². The minimum Gasteiger partial charge on any atom is -0.207 e. The van der Waals surface area contributed by atoms with Crippen LogP contribution in [0.2, 0.25) is 0 Å². The molecular weight excluding hydrogens is 199 g/mol. The Kier molecular flexibility index (Phi) is 3.07. The van der Waals surface area contributed by atoms with Crippen LogP contribution in [0.25, 0.3) is 0 Å². The molecule has 0 radical (unpaired) electrons. The predicted molar refractivity (Wildman–Crippen MR) is 57.3 cm³/mol. The van der Waals surface area contributed by atoms with E-state index in [1.807, 2.05) is 6.07 Å². The summed E-state index contributed by atoms with van der Waals surface area (Å²) in [7, 11) is 0. The second-order valence-corrected chi connectivity index (χ2v) is 4.52. The van der Waals surface area contributed by atoms with E-state index in [0.717, 1.165) is 18.4 Å². The zero-order valence-corrected chi connectivity index (χ0v) is 8.80. The number of hydrogen-bond acceptors (Lipinski definition) is 0. The topological polar surface area (TPSA) is 0 Å². The number of rotatable bonds is 1. The maximum absolute atomic E-state index is 13.0. The maximum Gasteiger partial charge on any atom is 0.123 e. The summed E-state index contributed by atoms with van der Waals surface area (Å²) >= 11 is 6.25. The van der Waals surface area contributed by atoms with E-state index in [4.69, 9.17) is 11.6 Å². The standard InChI is InChI=1S/C12H14ClF/c13-12-7-2-1-6-11(12)9-4-3-5-10(14)8-9/h3-5,8,11-12H,1-2,6-7H2. The average Bonchev–Trinajstić information content (AvgIpc) is 2.18. The van der Waals surface area contributed by atoms with Crippen LogP contribution in [0.15, 0.2) is 24.3 Å². The zero-order valence-electron chi connectivity index (χ0n) is 8.05. The first-order chi connectivity index (χ1) is 6.77. The highest BCUT2D eigenvalue weighted by atomic mass is 35.5. The van der Waals surface area contributed by atoms with Gasteiger partial charge in [-0.15, -0.1) is 11.6 Å². The van der Waals surface area contributed by atoms with Crippen LogP contribution in [0, 0.1) is 5.82 Å². The summed E-state index contributed by atoms with van der Waals surface area (Å²) in [5.41, 5.74) is 1.06. The molecule has 1 saturated carbocycles. The van der Waals surface area contributed by atoms with Gasteiger partial charge in [-0.2, -0.15) is 0 Å². The Hall–Kier alpha value is -0.560. The number of halogens is 2. The van der Waals surface area contributed by atoms with Crippen LogP contribution in [0.4, 0.5) is 4.39 Å². The average molecular weight is 213 g/mol. The van der Waals surface area contributed by atoms with Crippen molar-refractivity contribution < 1.29 is 4.39 Å². The fourth-order valence-corrected chi connectivity index (χ4v) is 2.62. The Morgan fingerprint density at radius 1 is 1.21 bits per heavy atom. The molecule has 0 aromatic heterocycles. The molecule has 0 amide bonds. The van der Waals surface area contributed by atoms with Crippen molar-refractivity contribution in [3.05, 3.63) is 35.6 Å². The van der Waals surface area contributed by atoms with Crippen molar-refractivity contribution in [2.24, 2.45) is 0 Å². The first kappa shape index (κ1) is 9.97. The van der Waals surface area contributed by atoms with Crippen molar-refractivity contribution >= 4 is 11.6 Å². The molecule has 0 aliphatic heterocycles. The predicted octanol–water partition coefficient (Wildman–Crippen LogP) is 4.09. The fraction of sp³-hybridized carbons (Fsp3) is 0.500. The molecule has 76 valence electrons. The lowest BCUT2D eigenvalue weighted by Crippen LogP contribution is -2.17. The molecule has 2 heteroatoms. The SMILES string of the molecule is Fc1cccc(C2CCCCC2Cl)c1. The normalized spacial score (nSPS) is 27.6. The van der Waals surface area contributed by atoms with E-state index >= 15 is 0 Å². The van der Waals surface area contributed by atoms with E-state index in [0.29, 0.717) is 5.92 Å². The number of alkyl halides is 1. The lowest BCUT2D eigenvalue weighted by molar-refractivity contribution is 0.449. The van der Waals surface area contributed by atoms with E-state index in [1.165, 1.54) is 18.9 Å². The van der Waals surface area contributed by atoms with Crippen LogP contribution < -0.4 is 0 Å². The summed E-state index contributed by atoms with van der Waals surface area (Å²) < 4.78 is 13.0. The molecule has 2 unspecified atom stereocenters. The van der Waals surface area contributed by atoms with Crippen LogP contribution in [-0.2, 0) is 0 Å². The van der Waals surface area contributed by atoms with Crippen molar-refractivity contribution in [1.82, 2.24) is 0 Å². The van der Waals surface area contributed by atoms with Gasteiger partial charge in [-0.1, -0.05) is 25.0 Å². The molecule has 0 N–H and O–H groups in total. The quantitative estimate of drug-likeness (QED) is 0.615. The largest absolute Gasteiger partial charge is 0.207 e. The zero-order chi connectivity index (χ0) is 9.97. The Labute approximate surface area is 89.1 Å². The molecule has 2 atom stereocenters. The molecular formula is C12H14ClF. The molecule has 1 aliphatic rings. The summed E-state index contributed by atoms with van der Waals surface area (Å²) in [5, 5.41) is 0.186. The van der Waals surface area contributed by atoms with Gasteiger partial charge in [-0.05, 0) is 30.5 Å². The van der Waals surface area contributed by atoms with Crippen molar-refractivity contribution in [1.29, 1.82) is 0 Å². The van der Waals surface area contributed by atoms with Gasteiger partial charge < -0.3 is 0 Å². The fourth-order valence-electron chi connectivity index (χ4n) is 2.20. The summed E-state index contributed by atoms with van der Waals surface area (Å²) in [6.45, 7) is 0. The molecule has 0 bridgehead atoms. The highest BCUT2D eigenvalue weighted by Crippen LogP contribution is 2.36. The van der Waals surface area contributed by atoms with E-state index in [1.54, 1.807) is 12.1 Å². The number of benzene rings is 1. The third-order valence-electron chi connectivity index (χ3n) is 2.96. The van der Waals surface area contributed by atoms with Gasteiger partial charge in [0.2, 0.25) is 0 Å². The molecule has 1 aromatic carbocycles. The van der Waals surface area contributed by atoms with Gasteiger partial charge in [0.05, 0.1) is 0 Å². The molecule has 1 fully saturated rings. The Morgan fingerprint density at radius 3 is 2.71 bits per heavy atom. The van der Waals surface area contributed by atoms with Gasteiger partial charge >= 0.3 is 0 Å². The Bertz CT molecular complexity index is 311. The molecule has 0 heterocycles. The van der Waals surface area contributed by atoms with Gasteiger partial charge in [-0.25, -0.2) is 4.39 Å². The minimum absolute atomic E-state index is 0.156. The summed E-state index contributed by atoms with van der Waals surface area (Å²) in [6.07, 6.45) is 4.57. The summed E-state index contributed by atoms with van der Waals surface area (Å²) in [5.74, 6) is 0.193. The van der Waals surface area contributed by atoms with Gasteiger partial charge in [0.15, 0.2) is 0 Å². The third-order valence-corrected chi connectivity index (χ3v) is 3.48. The summed E-state index contributed by atoms with van der Waals surface area (Å²) in [4.78, 5) is 0. The summed E-state index contributed by atoms with van der Waals surface area (Å²) in [6, 6.07) is 6.85. The highest BCUT2D eigenvalue weighted by molar-refractivity contribution is 6.21. The molecule has 14 heavy (non-hydrogen) atoms. The maximum atomic E-state index is 13.0. The van der Waals surface area contributed by atoms with Crippen molar-refractivity contribution in [2.75, 3.05) is 0 Å². The van der Waals surface area contributed by atoms with Gasteiger partial charge in [-0.3, -0.25) is 0 Å². The van der Waals surface area contributed by atoms with Crippen molar-refractivity contribution in [3.8, 4) is 0 Å². The van der Waals surface area contributed by atoms with Gasteiger partial charge in [0.25, 0.3) is 0 Å². The lowest BCUT2D eigenvalue weighted by Gasteiger charge is -2.27. The van der Waals surface area contributed by atoms with E-state index in [9.17, 15) is 4.39 Å². The second kappa shape index (κ2) is 4.31. The van der Waals surface area contributed by atoms with E-state index in [2.05, 4.69) is 0 Å². The van der Waals surface area contributed by atoms with Crippen LogP contribution >= 0.6 is 11.6 Å². The first-order valence-electron chi connectivity index (χ1n) is 5.17. The van der Waals surface area contributed by atoms with Gasteiger partial charge in [0.1, 0.15) is 5.82 Å². The monoisotopic (exact) mass is 212 g/mol. The molecule has 1 aliphatic carbocycles. The minimum atomic E-state index is -0.156. The van der Waals surface area contributed by atoms with Crippen LogP contribution in [0.5, 0.6) is 0 Å². The van der Waals surface area contributed by atoms with Gasteiger partial charge in [0, 0.05) is 11.3 Å². The Balaban J connectivity index is 2.20. The molecule has 0 spiro atoms. The Morgan fingerprint density at radius 2 is 2.00 bits per heavy atom.